The average molecular weight is 344 g/mol. The molecule has 1 amide bonds. The van der Waals surface area contributed by atoms with Gasteiger partial charge in [0.25, 0.3) is 5.91 Å². The second-order valence-corrected chi connectivity index (χ2v) is 7.03. The van der Waals surface area contributed by atoms with Gasteiger partial charge in [-0.1, -0.05) is 30.3 Å². The van der Waals surface area contributed by atoms with Crippen LogP contribution in [0.1, 0.15) is 42.6 Å². The van der Waals surface area contributed by atoms with Crippen LogP contribution >= 0.6 is 0 Å². The monoisotopic (exact) mass is 344 g/mol. The second kappa shape index (κ2) is 8.83. The third kappa shape index (κ3) is 6.03. The summed E-state index contributed by atoms with van der Waals surface area (Å²) in [7, 11) is 1.60. The number of nitrogens with one attached hydrogen (secondary N) is 1. The topological polar surface area (TPSA) is 54.7 Å². The van der Waals surface area contributed by atoms with Gasteiger partial charge in [0.15, 0.2) is 5.76 Å². The van der Waals surface area contributed by atoms with E-state index in [1.807, 2.05) is 24.3 Å². The van der Waals surface area contributed by atoms with Gasteiger partial charge in [0.05, 0.1) is 13.2 Å². The van der Waals surface area contributed by atoms with Crippen LogP contribution in [0.2, 0.25) is 0 Å². The number of ether oxygens (including phenoxy) is 1. The van der Waals surface area contributed by atoms with Gasteiger partial charge in [-0.2, -0.15) is 0 Å². The summed E-state index contributed by atoms with van der Waals surface area (Å²) in [6, 6.07) is 13.9. The SMILES string of the molecule is COCCNC(=O)c1ccc(CN(Cc2ccccc2)C(C)(C)C)o1. The predicted octanol–water partition coefficient (Wildman–Crippen LogP) is 3.46. The minimum atomic E-state index is -0.214. The first-order valence-corrected chi connectivity index (χ1v) is 8.55. The lowest BCUT2D eigenvalue weighted by Crippen LogP contribution is -2.40. The van der Waals surface area contributed by atoms with Crippen LogP contribution in [0, 0.1) is 0 Å². The van der Waals surface area contributed by atoms with Crippen molar-refractivity contribution in [3.63, 3.8) is 0 Å². The lowest BCUT2D eigenvalue weighted by molar-refractivity contribution is 0.0891. The number of hydrogen-bond donors (Lipinski definition) is 1. The molecule has 0 aliphatic rings. The van der Waals surface area contributed by atoms with Crippen molar-refractivity contribution in [2.24, 2.45) is 0 Å². The predicted molar refractivity (Wildman–Crippen MR) is 98.4 cm³/mol. The zero-order valence-corrected chi connectivity index (χ0v) is 15.5. The zero-order chi connectivity index (χ0) is 18.3. The van der Waals surface area contributed by atoms with Gasteiger partial charge in [-0.15, -0.1) is 0 Å². The van der Waals surface area contributed by atoms with Crippen molar-refractivity contribution in [1.29, 1.82) is 0 Å². The van der Waals surface area contributed by atoms with E-state index in [0.29, 0.717) is 25.5 Å². The highest BCUT2D eigenvalue weighted by Crippen LogP contribution is 2.21. The Morgan fingerprint density at radius 3 is 2.48 bits per heavy atom. The molecular formula is C20H28N2O3. The second-order valence-electron chi connectivity index (χ2n) is 7.03. The van der Waals surface area contributed by atoms with Gasteiger partial charge in [0.1, 0.15) is 5.76 Å². The van der Waals surface area contributed by atoms with Gasteiger partial charge in [-0.05, 0) is 38.5 Å². The number of methoxy groups -OCH3 is 1. The molecule has 2 aromatic rings. The largest absolute Gasteiger partial charge is 0.455 e. The molecule has 1 aromatic heterocycles. The van der Waals surface area contributed by atoms with Gasteiger partial charge in [-0.3, -0.25) is 9.69 Å². The van der Waals surface area contributed by atoms with Crippen molar-refractivity contribution in [2.75, 3.05) is 20.3 Å². The Kier molecular flexibility index (Phi) is 6.79. The summed E-state index contributed by atoms with van der Waals surface area (Å²) in [5, 5.41) is 2.77. The molecule has 0 atom stereocenters. The summed E-state index contributed by atoms with van der Waals surface area (Å²) in [4.78, 5) is 14.4. The molecule has 0 spiro atoms. The highest BCUT2D eigenvalue weighted by molar-refractivity contribution is 5.91. The smallest absolute Gasteiger partial charge is 0.287 e. The molecule has 1 N–H and O–H groups in total. The molecule has 0 bridgehead atoms. The standard InChI is InChI=1S/C20H28N2O3/c1-20(2,3)22(14-16-8-6-5-7-9-16)15-17-10-11-18(25-17)19(23)21-12-13-24-4/h5-11H,12-15H2,1-4H3,(H,21,23). The van der Waals surface area contributed by atoms with Crippen LogP contribution < -0.4 is 5.32 Å². The summed E-state index contributed by atoms with van der Waals surface area (Å²) in [5.41, 5.74) is 1.23. The fraction of sp³-hybridized carbons (Fsp3) is 0.450. The zero-order valence-electron chi connectivity index (χ0n) is 15.5. The van der Waals surface area contributed by atoms with Crippen molar-refractivity contribution < 1.29 is 13.9 Å². The number of benzene rings is 1. The number of carbonyl (C=O) groups is 1. The maximum absolute atomic E-state index is 12.0. The Balaban J connectivity index is 2.03. The van der Waals surface area contributed by atoms with Crippen LogP contribution in [-0.2, 0) is 17.8 Å². The average Bonchev–Trinajstić information content (AvgIpc) is 3.03. The summed E-state index contributed by atoms with van der Waals surface area (Å²) < 4.78 is 10.7. The highest BCUT2D eigenvalue weighted by atomic mass is 16.5. The molecular weight excluding hydrogens is 316 g/mol. The summed E-state index contributed by atoms with van der Waals surface area (Å²) in [5.74, 6) is 0.899. The van der Waals surface area contributed by atoms with Gasteiger partial charge >= 0.3 is 0 Å². The van der Waals surface area contributed by atoms with Crippen molar-refractivity contribution in [3.8, 4) is 0 Å². The Bertz CT molecular complexity index is 659. The molecule has 0 unspecified atom stereocenters. The molecule has 0 aliphatic heterocycles. The van der Waals surface area contributed by atoms with Crippen LogP contribution in [-0.4, -0.2) is 36.6 Å². The lowest BCUT2D eigenvalue weighted by atomic mass is 10.0. The van der Waals surface area contributed by atoms with E-state index >= 15 is 0 Å². The van der Waals surface area contributed by atoms with Crippen molar-refractivity contribution in [1.82, 2.24) is 10.2 Å². The highest BCUT2D eigenvalue weighted by Gasteiger charge is 2.23. The molecule has 1 aromatic carbocycles. The molecule has 25 heavy (non-hydrogen) atoms. The van der Waals surface area contributed by atoms with Crippen LogP contribution in [0.4, 0.5) is 0 Å². The Labute approximate surface area is 150 Å². The molecule has 0 radical (unpaired) electrons. The third-order valence-corrected chi connectivity index (χ3v) is 3.99. The van der Waals surface area contributed by atoms with E-state index in [4.69, 9.17) is 9.15 Å². The normalized spacial score (nSPS) is 11.7. The number of amides is 1. The number of nitrogens with zero attached hydrogens (tertiary/aromatic N) is 1. The third-order valence-electron chi connectivity index (χ3n) is 3.99. The van der Waals surface area contributed by atoms with Crippen LogP contribution in [0.25, 0.3) is 0 Å². The van der Waals surface area contributed by atoms with Crippen molar-refractivity contribution >= 4 is 5.91 Å². The Morgan fingerprint density at radius 1 is 1.12 bits per heavy atom. The number of furan rings is 1. The van der Waals surface area contributed by atoms with E-state index in [0.717, 1.165) is 12.3 Å². The first-order chi connectivity index (χ1) is 11.9. The van der Waals surface area contributed by atoms with E-state index in [1.54, 1.807) is 13.2 Å². The quantitative estimate of drug-likeness (QED) is 0.745. The Morgan fingerprint density at radius 2 is 1.84 bits per heavy atom. The van der Waals surface area contributed by atoms with E-state index in [1.165, 1.54) is 5.56 Å². The van der Waals surface area contributed by atoms with Gasteiger partial charge < -0.3 is 14.5 Å². The number of rotatable bonds is 8. The van der Waals surface area contributed by atoms with E-state index < -0.39 is 0 Å². The minimum Gasteiger partial charge on any atom is -0.455 e. The molecule has 0 aliphatic carbocycles. The molecule has 2 rings (SSSR count). The molecule has 136 valence electrons. The molecule has 0 fully saturated rings. The maximum atomic E-state index is 12.0. The van der Waals surface area contributed by atoms with Crippen molar-refractivity contribution in [3.05, 3.63) is 59.5 Å². The lowest BCUT2D eigenvalue weighted by Gasteiger charge is -2.35. The minimum absolute atomic E-state index is 0.0243. The van der Waals surface area contributed by atoms with E-state index in [-0.39, 0.29) is 11.4 Å². The summed E-state index contributed by atoms with van der Waals surface area (Å²) in [6.45, 7) is 8.94. The van der Waals surface area contributed by atoms with Crippen LogP contribution in [0.15, 0.2) is 46.9 Å². The summed E-state index contributed by atoms with van der Waals surface area (Å²) in [6.07, 6.45) is 0. The fourth-order valence-corrected chi connectivity index (χ4v) is 2.46. The van der Waals surface area contributed by atoms with E-state index in [9.17, 15) is 4.79 Å². The first-order valence-electron chi connectivity index (χ1n) is 8.55. The van der Waals surface area contributed by atoms with E-state index in [2.05, 4.69) is 43.1 Å². The molecule has 1 heterocycles. The van der Waals surface area contributed by atoms with Crippen LogP contribution in [0.3, 0.4) is 0 Å². The maximum Gasteiger partial charge on any atom is 0.287 e. The van der Waals surface area contributed by atoms with Crippen LogP contribution in [0.5, 0.6) is 0 Å². The van der Waals surface area contributed by atoms with Gasteiger partial charge in [-0.25, -0.2) is 0 Å². The number of carbonyl (C=O) groups excluding carboxylic acids is 1. The number of hydrogen-bond acceptors (Lipinski definition) is 4. The molecule has 5 heteroatoms. The molecule has 5 nitrogen and oxygen atoms in total. The molecule has 0 saturated carbocycles. The summed E-state index contributed by atoms with van der Waals surface area (Å²) >= 11 is 0. The first kappa shape index (κ1) is 19.2. The van der Waals surface area contributed by atoms with Crippen molar-refractivity contribution in [2.45, 2.75) is 39.4 Å². The Hall–Kier alpha value is -2.11. The molecule has 0 saturated heterocycles. The van der Waals surface area contributed by atoms with Gasteiger partial charge in [0.2, 0.25) is 0 Å². The van der Waals surface area contributed by atoms with Gasteiger partial charge in [0, 0.05) is 25.7 Å². The fourth-order valence-electron chi connectivity index (χ4n) is 2.46.